The predicted octanol–water partition coefficient (Wildman–Crippen LogP) is 3.51. The summed E-state index contributed by atoms with van der Waals surface area (Å²) in [5.74, 6) is 0.105. The van der Waals surface area contributed by atoms with Crippen molar-refractivity contribution in [2.75, 3.05) is 13.1 Å². The average molecular weight is 344 g/mol. The lowest BCUT2D eigenvalue weighted by molar-refractivity contribution is -0.123. The lowest BCUT2D eigenvalue weighted by Crippen LogP contribution is -2.36. The summed E-state index contributed by atoms with van der Waals surface area (Å²) in [5.41, 5.74) is 0.572. The minimum Gasteiger partial charge on any atom is -0.444 e. The predicted molar refractivity (Wildman–Crippen MR) is 96.0 cm³/mol. The van der Waals surface area contributed by atoms with Crippen LogP contribution in [-0.4, -0.2) is 35.6 Å². The average Bonchev–Trinajstić information content (AvgIpc) is 3.06. The third-order valence-corrected chi connectivity index (χ3v) is 5.20. The van der Waals surface area contributed by atoms with Crippen molar-refractivity contribution in [1.82, 2.24) is 10.2 Å². The summed E-state index contributed by atoms with van der Waals surface area (Å²) in [5, 5.41) is 3.12. The number of amides is 2. The maximum Gasteiger partial charge on any atom is 0.410 e. The van der Waals surface area contributed by atoms with Crippen LogP contribution in [0.2, 0.25) is 0 Å². The molecule has 0 bridgehead atoms. The first-order valence-corrected chi connectivity index (χ1v) is 9.03. The first kappa shape index (κ1) is 17.8. The Morgan fingerprint density at radius 3 is 2.60 bits per heavy atom. The number of hydrogen-bond acceptors (Lipinski definition) is 3. The van der Waals surface area contributed by atoms with Crippen LogP contribution in [0.5, 0.6) is 0 Å². The van der Waals surface area contributed by atoms with Gasteiger partial charge in [-0.1, -0.05) is 30.3 Å². The van der Waals surface area contributed by atoms with Crippen molar-refractivity contribution in [2.45, 2.75) is 52.2 Å². The normalized spacial score (nSPS) is 26.4. The van der Waals surface area contributed by atoms with Gasteiger partial charge in [0.2, 0.25) is 5.91 Å². The lowest BCUT2D eigenvalue weighted by atomic mass is 10.0. The molecule has 1 spiro atoms. The Balaban J connectivity index is 1.54. The molecule has 1 saturated heterocycles. The van der Waals surface area contributed by atoms with Crippen molar-refractivity contribution in [3.63, 3.8) is 0 Å². The molecule has 5 heteroatoms. The molecule has 2 amide bonds. The van der Waals surface area contributed by atoms with E-state index in [0.717, 1.165) is 18.4 Å². The summed E-state index contributed by atoms with van der Waals surface area (Å²) in [6, 6.07) is 9.96. The molecule has 0 unspecified atom stereocenters. The highest BCUT2D eigenvalue weighted by molar-refractivity contribution is 5.83. The summed E-state index contributed by atoms with van der Waals surface area (Å²) in [7, 11) is 0. The second-order valence-electron chi connectivity index (χ2n) is 8.41. The van der Waals surface area contributed by atoms with Gasteiger partial charge in [0.25, 0.3) is 0 Å². The van der Waals surface area contributed by atoms with Gasteiger partial charge in [0.15, 0.2) is 0 Å². The van der Waals surface area contributed by atoms with Crippen LogP contribution < -0.4 is 5.32 Å². The van der Waals surface area contributed by atoms with E-state index in [1.807, 2.05) is 58.0 Å². The van der Waals surface area contributed by atoms with E-state index in [1.165, 1.54) is 0 Å². The van der Waals surface area contributed by atoms with Crippen molar-refractivity contribution in [3.05, 3.63) is 35.9 Å². The van der Waals surface area contributed by atoms with Gasteiger partial charge in [0, 0.05) is 24.4 Å². The van der Waals surface area contributed by atoms with E-state index in [-0.39, 0.29) is 29.4 Å². The molecule has 1 N–H and O–H groups in total. The van der Waals surface area contributed by atoms with Gasteiger partial charge < -0.3 is 15.0 Å². The van der Waals surface area contributed by atoms with Gasteiger partial charge in [-0.25, -0.2) is 4.79 Å². The fourth-order valence-corrected chi connectivity index (χ4v) is 3.69. The molecule has 1 aromatic rings. The third-order valence-electron chi connectivity index (χ3n) is 5.20. The van der Waals surface area contributed by atoms with E-state index in [1.54, 1.807) is 4.90 Å². The van der Waals surface area contributed by atoms with E-state index >= 15 is 0 Å². The van der Waals surface area contributed by atoms with Crippen molar-refractivity contribution in [3.8, 4) is 0 Å². The lowest BCUT2D eigenvalue weighted by Gasteiger charge is -2.24. The second kappa shape index (κ2) is 6.36. The minimum atomic E-state index is -0.488. The highest BCUT2D eigenvalue weighted by atomic mass is 16.6. The molecule has 1 aromatic carbocycles. The summed E-state index contributed by atoms with van der Waals surface area (Å²) >= 11 is 0. The maximum atomic E-state index is 12.6. The van der Waals surface area contributed by atoms with Gasteiger partial charge in [-0.2, -0.15) is 0 Å². The number of carbonyl (C=O) groups is 2. The summed E-state index contributed by atoms with van der Waals surface area (Å²) in [6.45, 7) is 8.91. The van der Waals surface area contributed by atoms with Crippen LogP contribution in [0.3, 0.4) is 0 Å². The highest BCUT2D eigenvalue weighted by Gasteiger charge is 2.61. The van der Waals surface area contributed by atoms with Crippen molar-refractivity contribution < 1.29 is 14.3 Å². The molecule has 3 atom stereocenters. The van der Waals surface area contributed by atoms with Crippen molar-refractivity contribution >= 4 is 12.0 Å². The zero-order chi connectivity index (χ0) is 18.2. The molecule has 1 aliphatic heterocycles. The summed E-state index contributed by atoms with van der Waals surface area (Å²) < 4.78 is 5.45. The molecule has 0 aromatic heterocycles. The number of hydrogen-bond donors (Lipinski definition) is 1. The molecule has 25 heavy (non-hydrogen) atoms. The Kier molecular flexibility index (Phi) is 4.52. The molecule has 136 valence electrons. The van der Waals surface area contributed by atoms with Crippen LogP contribution in [0, 0.1) is 11.3 Å². The van der Waals surface area contributed by atoms with Crippen LogP contribution in [0.4, 0.5) is 4.79 Å². The SMILES string of the molecule is C[C@@H](NC(=O)[C@H]1C[C@@]12CCN(C(=O)OC(C)(C)C)C2)c1ccccc1. The number of carbonyl (C=O) groups excluding carboxylic acids is 2. The number of likely N-dealkylation sites (tertiary alicyclic amines) is 1. The van der Waals surface area contributed by atoms with Crippen LogP contribution in [0.15, 0.2) is 30.3 Å². The van der Waals surface area contributed by atoms with E-state index in [9.17, 15) is 9.59 Å². The van der Waals surface area contributed by atoms with Crippen LogP contribution >= 0.6 is 0 Å². The first-order valence-electron chi connectivity index (χ1n) is 9.03. The molecule has 2 aliphatic rings. The van der Waals surface area contributed by atoms with E-state index in [0.29, 0.717) is 13.1 Å². The topological polar surface area (TPSA) is 58.6 Å². The fourth-order valence-electron chi connectivity index (χ4n) is 3.69. The molecule has 2 fully saturated rings. The number of benzene rings is 1. The van der Waals surface area contributed by atoms with E-state index in [2.05, 4.69) is 5.32 Å². The van der Waals surface area contributed by atoms with Gasteiger partial charge in [-0.05, 0) is 46.1 Å². The molecule has 1 saturated carbocycles. The number of ether oxygens (including phenoxy) is 1. The summed E-state index contributed by atoms with van der Waals surface area (Å²) in [6.07, 6.45) is 1.47. The van der Waals surface area contributed by atoms with Crippen molar-refractivity contribution in [2.24, 2.45) is 11.3 Å². The molecule has 5 nitrogen and oxygen atoms in total. The second-order valence-corrected chi connectivity index (χ2v) is 8.41. The minimum absolute atomic E-state index is 0.00490. The van der Waals surface area contributed by atoms with Crippen LogP contribution in [0.25, 0.3) is 0 Å². The number of nitrogens with zero attached hydrogens (tertiary/aromatic N) is 1. The van der Waals surface area contributed by atoms with Gasteiger partial charge in [0.05, 0.1) is 6.04 Å². The number of rotatable bonds is 3. The zero-order valence-corrected chi connectivity index (χ0v) is 15.5. The fraction of sp³-hybridized carbons (Fsp3) is 0.600. The summed E-state index contributed by atoms with van der Waals surface area (Å²) in [4.78, 5) is 26.6. The highest BCUT2D eigenvalue weighted by Crippen LogP contribution is 2.58. The molecular weight excluding hydrogens is 316 g/mol. The molecule has 1 aliphatic carbocycles. The van der Waals surface area contributed by atoms with Crippen LogP contribution in [0.1, 0.15) is 52.1 Å². The van der Waals surface area contributed by atoms with Crippen LogP contribution in [-0.2, 0) is 9.53 Å². The molecular formula is C20H28N2O3. The van der Waals surface area contributed by atoms with Gasteiger partial charge in [0.1, 0.15) is 5.60 Å². The Bertz CT molecular complexity index is 653. The molecule has 0 radical (unpaired) electrons. The first-order chi connectivity index (χ1) is 11.7. The maximum absolute atomic E-state index is 12.6. The largest absolute Gasteiger partial charge is 0.444 e. The Labute approximate surface area is 149 Å². The van der Waals surface area contributed by atoms with E-state index < -0.39 is 5.60 Å². The zero-order valence-electron chi connectivity index (χ0n) is 15.5. The third kappa shape index (κ3) is 3.97. The van der Waals surface area contributed by atoms with Crippen molar-refractivity contribution in [1.29, 1.82) is 0 Å². The monoisotopic (exact) mass is 344 g/mol. The Morgan fingerprint density at radius 1 is 1.28 bits per heavy atom. The molecule has 3 rings (SSSR count). The quantitative estimate of drug-likeness (QED) is 0.913. The Morgan fingerprint density at radius 2 is 1.96 bits per heavy atom. The smallest absolute Gasteiger partial charge is 0.410 e. The number of nitrogens with one attached hydrogen (secondary N) is 1. The molecule has 1 heterocycles. The van der Waals surface area contributed by atoms with Gasteiger partial charge in [-0.3, -0.25) is 4.79 Å². The van der Waals surface area contributed by atoms with Gasteiger partial charge >= 0.3 is 6.09 Å². The van der Waals surface area contributed by atoms with E-state index in [4.69, 9.17) is 4.74 Å². The van der Waals surface area contributed by atoms with Gasteiger partial charge in [-0.15, -0.1) is 0 Å². The Hall–Kier alpha value is -2.04. The standard InChI is InChI=1S/C20H28N2O3/c1-14(15-8-6-5-7-9-15)21-17(23)16-12-20(16)10-11-22(13-20)18(24)25-19(2,3)4/h5-9,14,16H,10-13H2,1-4H3,(H,21,23)/t14-,16-,20-/m1/s1.